The lowest BCUT2D eigenvalue weighted by Crippen LogP contribution is -2.37. The maximum absolute atomic E-state index is 12.0. The van der Waals surface area contributed by atoms with Crippen molar-refractivity contribution in [1.82, 2.24) is 5.32 Å². The van der Waals surface area contributed by atoms with E-state index < -0.39 is 10.0 Å². The Kier molecular flexibility index (Phi) is 8.15. The second kappa shape index (κ2) is 9.36. The van der Waals surface area contributed by atoms with Crippen molar-refractivity contribution in [3.05, 3.63) is 29.8 Å². The van der Waals surface area contributed by atoms with Gasteiger partial charge in [-0.3, -0.25) is 4.79 Å². The number of hydrogen-bond acceptors (Lipinski definition) is 4. The Labute approximate surface area is 149 Å². The van der Waals surface area contributed by atoms with Crippen LogP contribution in [0.4, 0.5) is 0 Å². The third kappa shape index (κ3) is 6.39. The molecule has 0 bridgehead atoms. The number of nitrogens with two attached hydrogens (primary N) is 2. The van der Waals surface area contributed by atoms with Crippen LogP contribution in [0.1, 0.15) is 37.7 Å². The van der Waals surface area contributed by atoms with Gasteiger partial charge in [-0.2, -0.15) is 0 Å². The van der Waals surface area contributed by atoms with Crippen LogP contribution in [0.25, 0.3) is 0 Å². The molecule has 1 aromatic rings. The predicted molar refractivity (Wildman–Crippen MR) is 96.3 cm³/mol. The summed E-state index contributed by atoms with van der Waals surface area (Å²) in [5, 5.41) is 7.96. The third-order valence-electron chi connectivity index (χ3n) is 4.40. The highest BCUT2D eigenvalue weighted by Crippen LogP contribution is 2.25. The smallest absolute Gasteiger partial charge is 0.238 e. The molecule has 2 rings (SSSR count). The molecule has 0 aromatic heterocycles. The fourth-order valence-corrected chi connectivity index (χ4v) is 3.51. The van der Waals surface area contributed by atoms with Crippen molar-refractivity contribution >= 4 is 28.3 Å². The average molecular weight is 376 g/mol. The summed E-state index contributed by atoms with van der Waals surface area (Å²) in [6, 6.07) is 6.52. The van der Waals surface area contributed by atoms with Crippen LogP contribution in [0.5, 0.6) is 0 Å². The molecule has 1 aliphatic carbocycles. The number of amides is 1. The van der Waals surface area contributed by atoms with Gasteiger partial charge in [-0.05, 0) is 42.9 Å². The van der Waals surface area contributed by atoms with Gasteiger partial charge in [0.2, 0.25) is 15.9 Å². The van der Waals surface area contributed by atoms with Crippen molar-refractivity contribution in [2.45, 2.75) is 49.5 Å². The van der Waals surface area contributed by atoms with Crippen LogP contribution in [0.2, 0.25) is 0 Å². The maximum Gasteiger partial charge on any atom is 0.238 e. The summed E-state index contributed by atoms with van der Waals surface area (Å²) in [5.41, 5.74) is 7.01. The minimum Gasteiger partial charge on any atom is -0.356 e. The Bertz CT molecular complexity index is 634. The molecule has 6 nitrogen and oxygen atoms in total. The van der Waals surface area contributed by atoms with Crippen LogP contribution in [0, 0.1) is 5.92 Å². The maximum atomic E-state index is 12.0. The summed E-state index contributed by atoms with van der Waals surface area (Å²) in [5.74, 6) is 0.325. The molecule has 8 heteroatoms. The first-order valence-electron chi connectivity index (χ1n) is 8.00. The highest BCUT2D eigenvalue weighted by Gasteiger charge is 2.23. The number of halogens is 1. The number of hydrogen-bond donors (Lipinski definition) is 3. The minimum atomic E-state index is -3.66. The number of nitrogens with one attached hydrogen (secondary N) is 1. The fraction of sp³-hybridized carbons (Fsp3) is 0.562. The number of sulfonamides is 1. The molecule has 2 unspecified atom stereocenters. The van der Waals surface area contributed by atoms with E-state index in [0.29, 0.717) is 19.4 Å². The molecule has 0 saturated heterocycles. The Balaban J connectivity index is 0.00000288. The highest BCUT2D eigenvalue weighted by molar-refractivity contribution is 7.89. The van der Waals surface area contributed by atoms with Gasteiger partial charge in [0, 0.05) is 19.0 Å². The molecule has 1 amide bonds. The van der Waals surface area contributed by atoms with Crippen LogP contribution in [0.3, 0.4) is 0 Å². The number of carbonyl (C=O) groups excluding carboxylic acids is 1. The number of carbonyl (C=O) groups is 1. The summed E-state index contributed by atoms with van der Waals surface area (Å²) in [4.78, 5) is 12.1. The Hall–Kier alpha value is -1.15. The van der Waals surface area contributed by atoms with Crippen LogP contribution in [-0.4, -0.2) is 26.9 Å². The van der Waals surface area contributed by atoms with Crippen LogP contribution < -0.4 is 16.2 Å². The summed E-state index contributed by atoms with van der Waals surface area (Å²) in [7, 11) is -3.66. The highest BCUT2D eigenvalue weighted by atomic mass is 35.5. The standard InChI is InChI=1S/C16H25N3O3S.ClH/c17-15-4-2-1-3-13(15)11-16(20)19-10-9-12-5-7-14(8-6-12)23(18,21)22;/h5-8,13,15H,1-4,9-11,17H2,(H,19,20)(H2,18,21,22);1H. The average Bonchev–Trinajstić information content (AvgIpc) is 2.49. The Morgan fingerprint density at radius 3 is 2.38 bits per heavy atom. The van der Waals surface area contributed by atoms with Gasteiger partial charge in [-0.25, -0.2) is 13.6 Å². The Morgan fingerprint density at radius 1 is 1.17 bits per heavy atom. The van der Waals surface area contributed by atoms with E-state index in [0.717, 1.165) is 31.2 Å². The minimum absolute atomic E-state index is 0. The normalized spacial score (nSPS) is 20.9. The first kappa shape index (κ1) is 20.9. The van der Waals surface area contributed by atoms with Crippen molar-refractivity contribution in [3.63, 3.8) is 0 Å². The zero-order chi connectivity index (χ0) is 16.9. The van der Waals surface area contributed by atoms with E-state index in [1.165, 1.54) is 12.1 Å². The lowest BCUT2D eigenvalue weighted by molar-refractivity contribution is -0.122. The zero-order valence-corrected chi connectivity index (χ0v) is 15.2. The van der Waals surface area contributed by atoms with Crippen molar-refractivity contribution < 1.29 is 13.2 Å². The van der Waals surface area contributed by atoms with Crippen molar-refractivity contribution in [2.24, 2.45) is 16.8 Å². The van der Waals surface area contributed by atoms with Crippen molar-refractivity contribution in [1.29, 1.82) is 0 Å². The summed E-state index contributed by atoms with van der Waals surface area (Å²) in [6.07, 6.45) is 5.49. The lowest BCUT2D eigenvalue weighted by atomic mass is 9.83. The van der Waals surface area contributed by atoms with E-state index >= 15 is 0 Å². The van der Waals surface area contributed by atoms with E-state index in [9.17, 15) is 13.2 Å². The van der Waals surface area contributed by atoms with E-state index in [1.54, 1.807) is 12.1 Å². The monoisotopic (exact) mass is 375 g/mol. The van der Waals surface area contributed by atoms with Gasteiger partial charge < -0.3 is 11.1 Å². The number of rotatable bonds is 6. The van der Waals surface area contributed by atoms with Gasteiger partial charge in [0.1, 0.15) is 0 Å². The van der Waals surface area contributed by atoms with E-state index in [1.807, 2.05) is 0 Å². The number of primary sulfonamides is 1. The second-order valence-electron chi connectivity index (χ2n) is 6.20. The molecule has 1 aliphatic rings. The summed E-state index contributed by atoms with van der Waals surface area (Å²) in [6.45, 7) is 0.523. The molecule has 24 heavy (non-hydrogen) atoms. The quantitative estimate of drug-likeness (QED) is 0.695. The van der Waals surface area contributed by atoms with Gasteiger partial charge in [0.25, 0.3) is 0 Å². The molecule has 0 spiro atoms. The van der Waals surface area contributed by atoms with Crippen LogP contribution >= 0.6 is 12.4 Å². The van der Waals surface area contributed by atoms with E-state index in [2.05, 4.69) is 5.32 Å². The molecule has 1 saturated carbocycles. The Morgan fingerprint density at radius 2 is 1.79 bits per heavy atom. The summed E-state index contributed by atoms with van der Waals surface area (Å²) < 4.78 is 22.3. The van der Waals surface area contributed by atoms with Gasteiger partial charge in [-0.15, -0.1) is 12.4 Å². The molecule has 5 N–H and O–H groups in total. The van der Waals surface area contributed by atoms with E-state index in [-0.39, 0.29) is 35.2 Å². The SMILES string of the molecule is Cl.NC1CCCCC1CC(=O)NCCc1ccc(S(N)(=O)=O)cc1. The van der Waals surface area contributed by atoms with Crippen molar-refractivity contribution in [2.75, 3.05) is 6.54 Å². The van der Waals surface area contributed by atoms with Crippen molar-refractivity contribution in [3.8, 4) is 0 Å². The van der Waals surface area contributed by atoms with Gasteiger partial charge in [0.05, 0.1) is 4.90 Å². The first-order valence-corrected chi connectivity index (χ1v) is 9.55. The molecule has 0 radical (unpaired) electrons. The predicted octanol–water partition coefficient (Wildman–Crippen LogP) is 1.32. The molecule has 136 valence electrons. The molecule has 0 heterocycles. The summed E-state index contributed by atoms with van der Waals surface area (Å²) >= 11 is 0. The van der Waals surface area contributed by atoms with Gasteiger partial charge >= 0.3 is 0 Å². The zero-order valence-electron chi connectivity index (χ0n) is 13.6. The van der Waals surface area contributed by atoms with E-state index in [4.69, 9.17) is 10.9 Å². The first-order chi connectivity index (χ1) is 10.9. The largest absolute Gasteiger partial charge is 0.356 e. The fourth-order valence-electron chi connectivity index (χ4n) is 2.99. The van der Waals surface area contributed by atoms with Gasteiger partial charge in [-0.1, -0.05) is 25.0 Å². The third-order valence-corrected chi connectivity index (χ3v) is 5.33. The van der Waals surface area contributed by atoms with Crippen LogP contribution in [0.15, 0.2) is 29.2 Å². The lowest BCUT2D eigenvalue weighted by Gasteiger charge is -2.27. The second-order valence-corrected chi connectivity index (χ2v) is 7.76. The number of benzene rings is 1. The molecule has 0 aliphatic heterocycles. The molecule has 2 atom stereocenters. The molecular formula is C16H26ClN3O3S. The molecular weight excluding hydrogens is 350 g/mol. The molecule has 1 aromatic carbocycles. The van der Waals surface area contributed by atoms with Crippen LogP contribution in [-0.2, 0) is 21.2 Å². The van der Waals surface area contributed by atoms with Gasteiger partial charge in [0.15, 0.2) is 0 Å². The molecule has 1 fully saturated rings. The topological polar surface area (TPSA) is 115 Å².